The molecule has 0 bridgehead atoms. The summed E-state index contributed by atoms with van der Waals surface area (Å²) < 4.78 is 26.7. The van der Waals surface area contributed by atoms with Crippen LogP contribution < -0.4 is 0 Å². The zero-order valence-electron chi connectivity index (χ0n) is 14.6. The number of carbonyl (C=O) groups is 1. The lowest BCUT2D eigenvalue weighted by molar-refractivity contribution is -0.130. The topological polar surface area (TPSA) is 57.7 Å². The first kappa shape index (κ1) is 18.6. The number of amides is 1. The van der Waals surface area contributed by atoms with Crippen molar-refractivity contribution in [1.29, 1.82) is 0 Å². The van der Waals surface area contributed by atoms with Gasteiger partial charge >= 0.3 is 0 Å². The van der Waals surface area contributed by atoms with Gasteiger partial charge < -0.3 is 4.90 Å². The van der Waals surface area contributed by atoms with Gasteiger partial charge in [-0.25, -0.2) is 8.42 Å². The van der Waals surface area contributed by atoms with Gasteiger partial charge in [0.2, 0.25) is 15.9 Å². The van der Waals surface area contributed by atoms with Crippen molar-refractivity contribution >= 4 is 38.0 Å². The normalized spacial score (nSPS) is 11.8. The third-order valence-corrected chi connectivity index (χ3v) is 6.74. The Morgan fingerprint density at radius 3 is 2.46 bits per heavy atom. The predicted molar refractivity (Wildman–Crippen MR) is 105 cm³/mol. The molecule has 0 spiro atoms. The molecular formula is C19H20N2O3S2. The van der Waals surface area contributed by atoms with Crippen LogP contribution in [0.3, 0.4) is 0 Å². The maximum absolute atomic E-state index is 12.8. The highest BCUT2D eigenvalue weighted by Crippen LogP contribution is 2.21. The van der Waals surface area contributed by atoms with Crippen molar-refractivity contribution in [3.8, 4) is 0 Å². The summed E-state index contributed by atoms with van der Waals surface area (Å²) in [7, 11) is -0.625. The third kappa shape index (κ3) is 3.95. The molecule has 0 N–H and O–H groups in total. The van der Waals surface area contributed by atoms with E-state index in [-0.39, 0.29) is 17.3 Å². The van der Waals surface area contributed by atoms with E-state index in [1.807, 2.05) is 41.1 Å². The Hall–Kier alpha value is -2.22. The molecule has 7 heteroatoms. The van der Waals surface area contributed by atoms with E-state index in [1.54, 1.807) is 36.6 Å². The van der Waals surface area contributed by atoms with Gasteiger partial charge in [0, 0.05) is 20.6 Å². The second kappa shape index (κ2) is 7.57. The molecule has 0 aliphatic heterocycles. The average molecular weight is 389 g/mol. The molecule has 5 nitrogen and oxygen atoms in total. The van der Waals surface area contributed by atoms with Crippen LogP contribution in [0.5, 0.6) is 0 Å². The van der Waals surface area contributed by atoms with Crippen LogP contribution in [0, 0.1) is 0 Å². The lowest BCUT2D eigenvalue weighted by Gasteiger charge is -2.21. The molecule has 0 fully saturated rings. The van der Waals surface area contributed by atoms with E-state index >= 15 is 0 Å². The standard InChI is InChI=1S/C19H20N2O3S2/c1-20(12-15-9-10-25-14-15)19(22)13-21(2)26(23,24)18-8-7-16-5-3-4-6-17(16)11-18/h3-11,14H,12-13H2,1-2H3. The fourth-order valence-electron chi connectivity index (χ4n) is 2.65. The van der Waals surface area contributed by atoms with Gasteiger partial charge in [-0.1, -0.05) is 30.3 Å². The Morgan fingerprint density at radius 2 is 1.77 bits per heavy atom. The van der Waals surface area contributed by atoms with Gasteiger partial charge in [-0.2, -0.15) is 15.6 Å². The van der Waals surface area contributed by atoms with E-state index in [2.05, 4.69) is 0 Å². The van der Waals surface area contributed by atoms with Gasteiger partial charge in [-0.15, -0.1) is 0 Å². The van der Waals surface area contributed by atoms with Gasteiger partial charge in [-0.05, 0) is 45.3 Å². The largest absolute Gasteiger partial charge is 0.340 e. The van der Waals surface area contributed by atoms with Crippen LogP contribution in [0.1, 0.15) is 5.56 Å². The van der Waals surface area contributed by atoms with Crippen LogP contribution >= 0.6 is 11.3 Å². The highest BCUT2D eigenvalue weighted by Gasteiger charge is 2.24. The van der Waals surface area contributed by atoms with E-state index in [0.717, 1.165) is 20.6 Å². The molecule has 0 aliphatic rings. The van der Waals surface area contributed by atoms with Gasteiger partial charge in [0.25, 0.3) is 0 Å². The molecule has 0 atom stereocenters. The molecule has 3 aromatic rings. The Kier molecular flexibility index (Phi) is 5.41. The fourth-order valence-corrected chi connectivity index (χ4v) is 4.46. The van der Waals surface area contributed by atoms with Crippen molar-refractivity contribution < 1.29 is 13.2 Å². The Balaban J connectivity index is 1.74. The molecule has 0 saturated heterocycles. The number of benzene rings is 2. The van der Waals surface area contributed by atoms with Gasteiger partial charge in [0.15, 0.2) is 0 Å². The van der Waals surface area contributed by atoms with Gasteiger partial charge in [-0.3, -0.25) is 4.79 Å². The number of carbonyl (C=O) groups excluding carboxylic acids is 1. The maximum atomic E-state index is 12.8. The van der Waals surface area contributed by atoms with Crippen LogP contribution in [-0.2, 0) is 21.4 Å². The minimum Gasteiger partial charge on any atom is -0.340 e. The first-order valence-electron chi connectivity index (χ1n) is 8.08. The summed E-state index contributed by atoms with van der Waals surface area (Å²) >= 11 is 1.57. The van der Waals surface area contributed by atoms with Crippen molar-refractivity contribution in [2.75, 3.05) is 20.6 Å². The van der Waals surface area contributed by atoms with Crippen molar-refractivity contribution in [3.05, 3.63) is 64.9 Å². The Bertz CT molecular complexity index is 1010. The summed E-state index contributed by atoms with van der Waals surface area (Å²) in [5, 5.41) is 5.74. The van der Waals surface area contributed by atoms with Crippen molar-refractivity contribution in [2.45, 2.75) is 11.4 Å². The number of sulfonamides is 1. The molecule has 0 radical (unpaired) electrons. The summed E-state index contributed by atoms with van der Waals surface area (Å²) in [5.41, 5.74) is 1.03. The fraction of sp³-hybridized carbons (Fsp3) is 0.211. The Labute approximate surface area is 157 Å². The summed E-state index contributed by atoms with van der Waals surface area (Å²) in [6, 6.07) is 14.5. The molecule has 1 amide bonds. The van der Waals surface area contributed by atoms with E-state index in [1.165, 1.54) is 11.9 Å². The van der Waals surface area contributed by atoms with Crippen molar-refractivity contribution in [1.82, 2.24) is 9.21 Å². The first-order chi connectivity index (χ1) is 12.4. The Morgan fingerprint density at radius 1 is 1.04 bits per heavy atom. The van der Waals surface area contributed by atoms with E-state index in [4.69, 9.17) is 0 Å². The van der Waals surface area contributed by atoms with Crippen LogP contribution in [-0.4, -0.2) is 44.2 Å². The maximum Gasteiger partial charge on any atom is 0.243 e. The predicted octanol–water partition coefficient (Wildman–Crippen LogP) is 3.18. The lowest BCUT2D eigenvalue weighted by atomic mass is 10.1. The lowest BCUT2D eigenvalue weighted by Crippen LogP contribution is -2.39. The first-order valence-corrected chi connectivity index (χ1v) is 10.5. The smallest absolute Gasteiger partial charge is 0.243 e. The molecule has 1 heterocycles. The highest BCUT2D eigenvalue weighted by molar-refractivity contribution is 7.89. The highest BCUT2D eigenvalue weighted by atomic mass is 32.2. The van der Waals surface area contributed by atoms with Crippen LogP contribution in [0.25, 0.3) is 10.8 Å². The zero-order valence-corrected chi connectivity index (χ0v) is 16.3. The quantitative estimate of drug-likeness (QED) is 0.652. The summed E-state index contributed by atoms with van der Waals surface area (Å²) in [6.07, 6.45) is 0. The molecule has 0 saturated carbocycles. The average Bonchev–Trinajstić information content (AvgIpc) is 3.14. The number of thiophene rings is 1. The van der Waals surface area contributed by atoms with Gasteiger partial charge in [0.05, 0.1) is 11.4 Å². The van der Waals surface area contributed by atoms with Crippen molar-refractivity contribution in [2.24, 2.45) is 0 Å². The van der Waals surface area contributed by atoms with Crippen LogP contribution in [0.15, 0.2) is 64.2 Å². The van der Waals surface area contributed by atoms with E-state index < -0.39 is 10.0 Å². The number of likely N-dealkylation sites (N-methyl/N-ethyl adjacent to an activating group) is 2. The number of fused-ring (bicyclic) bond motifs is 1. The zero-order chi connectivity index (χ0) is 18.7. The molecule has 0 aliphatic carbocycles. The second-order valence-corrected chi connectivity index (χ2v) is 8.98. The molecule has 0 unspecified atom stereocenters. The summed E-state index contributed by atoms with van der Waals surface area (Å²) in [5.74, 6) is -0.247. The molecule has 136 valence electrons. The molecule has 3 rings (SSSR count). The number of hydrogen-bond acceptors (Lipinski definition) is 4. The van der Waals surface area contributed by atoms with Crippen LogP contribution in [0.2, 0.25) is 0 Å². The molecule has 1 aromatic heterocycles. The van der Waals surface area contributed by atoms with Crippen LogP contribution in [0.4, 0.5) is 0 Å². The van der Waals surface area contributed by atoms with E-state index in [9.17, 15) is 13.2 Å². The molecule has 26 heavy (non-hydrogen) atoms. The van der Waals surface area contributed by atoms with Crippen molar-refractivity contribution in [3.63, 3.8) is 0 Å². The second-order valence-electron chi connectivity index (χ2n) is 6.15. The SMILES string of the molecule is CN(Cc1ccsc1)C(=O)CN(C)S(=O)(=O)c1ccc2ccccc2c1. The number of rotatable bonds is 6. The summed E-state index contributed by atoms with van der Waals surface area (Å²) in [4.78, 5) is 14.1. The van der Waals surface area contributed by atoms with Gasteiger partial charge in [0.1, 0.15) is 0 Å². The monoisotopic (exact) mass is 388 g/mol. The summed E-state index contributed by atoms with van der Waals surface area (Å²) in [6.45, 7) is 0.266. The molecular weight excluding hydrogens is 368 g/mol. The van der Waals surface area contributed by atoms with E-state index in [0.29, 0.717) is 6.54 Å². The number of hydrogen-bond donors (Lipinski definition) is 0. The minimum absolute atomic E-state index is 0.187. The minimum atomic E-state index is -3.73. The third-order valence-electron chi connectivity index (χ3n) is 4.21. The number of nitrogens with zero attached hydrogens (tertiary/aromatic N) is 2. The molecule has 2 aromatic carbocycles.